The third-order valence-corrected chi connectivity index (χ3v) is 2.67. The molecule has 80 valence electrons. The molecule has 0 aliphatic rings. The molecule has 0 radical (unpaired) electrons. The zero-order valence-corrected chi connectivity index (χ0v) is 9.44. The lowest BCUT2D eigenvalue weighted by Gasteiger charge is -2.08. The zero-order valence-electron chi connectivity index (χ0n) is 9.44. The van der Waals surface area contributed by atoms with Crippen LogP contribution in [0.2, 0.25) is 0 Å². The van der Waals surface area contributed by atoms with Gasteiger partial charge in [-0.05, 0) is 25.0 Å². The summed E-state index contributed by atoms with van der Waals surface area (Å²) in [5.74, 6) is 0. The average Bonchev–Trinajstić information content (AvgIpc) is 2.72. The fraction of sp³-hybridized carbons (Fsp3) is 0.231. The summed E-state index contributed by atoms with van der Waals surface area (Å²) in [5.41, 5.74) is 3.83. The van der Waals surface area contributed by atoms with Crippen molar-refractivity contribution in [2.45, 2.75) is 20.3 Å². The van der Waals surface area contributed by atoms with Gasteiger partial charge in [0.2, 0.25) is 0 Å². The van der Waals surface area contributed by atoms with Crippen molar-refractivity contribution in [3.8, 4) is 11.8 Å². The second-order valence-electron chi connectivity index (χ2n) is 3.67. The monoisotopic (exact) mass is 211 g/mol. The first-order chi connectivity index (χ1) is 7.77. The first kappa shape index (κ1) is 10.4. The Morgan fingerprint density at radius 1 is 1.38 bits per heavy atom. The number of benzene rings is 1. The molecule has 0 fully saturated rings. The van der Waals surface area contributed by atoms with Crippen LogP contribution in [0.15, 0.2) is 30.5 Å². The molecule has 3 heteroatoms. The molecule has 1 aromatic carbocycles. The molecule has 0 aliphatic heterocycles. The summed E-state index contributed by atoms with van der Waals surface area (Å²) in [6.07, 6.45) is 2.43. The molecule has 2 aromatic rings. The van der Waals surface area contributed by atoms with Crippen LogP contribution in [0.1, 0.15) is 23.7 Å². The topological polar surface area (TPSA) is 41.6 Å². The van der Waals surface area contributed by atoms with Crippen molar-refractivity contribution in [3.05, 3.63) is 47.3 Å². The Bertz CT molecular complexity index is 547. The lowest BCUT2D eigenvalue weighted by Crippen LogP contribution is -2.03. The molecule has 3 nitrogen and oxygen atoms in total. The molecule has 2 rings (SSSR count). The van der Waals surface area contributed by atoms with E-state index in [-0.39, 0.29) is 0 Å². The highest BCUT2D eigenvalue weighted by molar-refractivity contribution is 5.44. The van der Waals surface area contributed by atoms with Gasteiger partial charge in [-0.1, -0.05) is 25.1 Å². The molecular weight excluding hydrogens is 198 g/mol. The molecule has 0 N–H and O–H groups in total. The van der Waals surface area contributed by atoms with Gasteiger partial charge in [-0.3, -0.25) is 0 Å². The SMILES string of the molecule is CCc1c(C#N)cnn1-c1ccccc1C. The average molecular weight is 211 g/mol. The summed E-state index contributed by atoms with van der Waals surface area (Å²) in [7, 11) is 0. The summed E-state index contributed by atoms with van der Waals surface area (Å²) in [6, 6.07) is 10.2. The van der Waals surface area contributed by atoms with Crippen LogP contribution < -0.4 is 0 Å². The molecule has 16 heavy (non-hydrogen) atoms. The van der Waals surface area contributed by atoms with E-state index in [9.17, 15) is 0 Å². The van der Waals surface area contributed by atoms with Gasteiger partial charge in [0, 0.05) is 0 Å². The van der Waals surface area contributed by atoms with Crippen LogP contribution in [0.3, 0.4) is 0 Å². The molecule has 0 unspecified atom stereocenters. The van der Waals surface area contributed by atoms with Gasteiger partial charge < -0.3 is 0 Å². The van der Waals surface area contributed by atoms with E-state index < -0.39 is 0 Å². The van der Waals surface area contributed by atoms with Gasteiger partial charge in [-0.25, -0.2) is 4.68 Å². The highest BCUT2D eigenvalue weighted by Crippen LogP contribution is 2.17. The summed E-state index contributed by atoms with van der Waals surface area (Å²) in [6.45, 7) is 4.08. The summed E-state index contributed by atoms with van der Waals surface area (Å²) in [5, 5.41) is 13.3. The first-order valence-electron chi connectivity index (χ1n) is 5.31. The highest BCUT2D eigenvalue weighted by Gasteiger charge is 2.10. The van der Waals surface area contributed by atoms with Gasteiger partial charge in [0.25, 0.3) is 0 Å². The fourth-order valence-electron chi connectivity index (χ4n) is 1.82. The lowest BCUT2D eigenvalue weighted by atomic mass is 10.2. The Hall–Kier alpha value is -2.08. The molecule has 0 bridgehead atoms. The van der Waals surface area contributed by atoms with E-state index >= 15 is 0 Å². The van der Waals surface area contributed by atoms with Crippen LogP contribution >= 0.6 is 0 Å². The molecule has 0 atom stereocenters. The minimum atomic E-state index is 0.658. The van der Waals surface area contributed by atoms with Crippen LogP contribution in [-0.2, 0) is 6.42 Å². The van der Waals surface area contributed by atoms with E-state index in [1.54, 1.807) is 6.20 Å². The highest BCUT2D eigenvalue weighted by atomic mass is 15.3. The van der Waals surface area contributed by atoms with Crippen LogP contribution in [0, 0.1) is 18.3 Å². The molecule has 0 aliphatic carbocycles. The number of rotatable bonds is 2. The number of aryl methyl sites for hydroxylation is 1. The van der Waals surface area contributed by atoms with E-state index in [4.69, 9.17) is 5.26 Å². The predicted molar refractivity (Wildman–Crippen MR) is 62.4 cm³/mol. The summed E-state index contributed by atoms with van der Waals surface area (Å²) in [4.78, 5) is 0. The van der Waals surface area contributed by atoms with Gasteiger partial charge in [0.1, 0.15) is 6.07 Å². The van der Waals surface area contributed by atoms with Gasteiger partial charge in [0.05, 0.1) is 23.1 Å². The number of para-hydroxylation sites is 1. The molecule has 0 amide bonds. The van der Waals surface area contributed by atoms with Crippen molar-refractivity contribution in [2.24, 2.45) is 0 Å². The van der Waals surface area contributed by atoms with Crippen molar-refractivity contribution in [1.29, 1.82) is 5.26 Å². The molecule has 0 spiro atoms. The number of nitrogens with zero attached hydrogens (tertiary/aromatic N) is 3. The normalized spacial score (nSPS) is 10.1. The van der Waals surface area contributed by atoms with Gasteiger partial charge >= 0.3 is 0 Å². The Labute approximate surface area is 94.9 Å². The van der Waals surface area contributed by atoms with Gasteiger partial charge in [0.15, 0.2) is 0 Å². The zero-order chi connectivity index (χ0) is 11.5. The molecule has 1 heterocycles. The Morgan fingerprint density at radius 3 is 2.75 bits per heavy atom. The van der Waals surface area contributed by atoms with E-state index in [2.05, 4.69) is 11.2 Å². The van der Waals surface area contributed by atoms with Crippen molar-refractivity contribution in [1.82, 2.24) is 9.78 Å². The lowest BCUT2D eigenvalue weighted by molar-refractivity contribution is 0.808. The fourth-order valence-corrected chi connectivity index (χ4v) is 1.82. The third-order valence-electron chi connectivity index (χ3n) is 2.67. The maximum absolute atomic E-state index is 8.98. The van der Waals surface area contributed by atoms with E-state index in [0.29, 0.717) is 5.56 Å². The molecule has 1 aromatic heterocycles. The van der Waals surface area contributed by atoms with E-state index in [1.165, 1.54) is 0 Å². The minimum Gasteiger partial charge on any atom is -0.236 e. The van der Waals surface area contributed by atoms with Crippen LogP contribution in [0.5, 0.6) is 0 Å². The Balaban J connectivity index is 2.62. The van der Waals surface area contributed by atoms with Crippen LogP contribution in [0.25, 0.3) is 5.69 Å². The quantitative estimate of drug-likeness (QED) is 0.766. The second-order valence-corrected chi connectivity index (χ2v) is 3.67. The van der Waals surface area contributed by atoms with E-state index in [1.807, 2.05) is 42.8 Å². The van der Waals surface area contributed by atoms with Crippen molar-refractivity contribution < 1.29 is 0 Å². The standard InChI is InChI=1S/C13H13N3/c1-3-12-11(8-14)9-15-16(12)13-7-5-4-6-10(13)2/h4-7,9H,3H2,1-2H3. The summed E-state index contributed by atoms with van der Waals surface area (Å²) >= 11 is 0. The Kier molecular flexibility index (Phi) is 2.74. The van der Waals surface area contributed by atoms with Crippen molar-refractivity contribution >= 4 is 0 Å². The Morgan fingerprint density at radius 2 is 2.12 bits per heavy atom. The largest absolute Gasteiger partial charge is 0.236 e. The third kappa shape index (κ3) is 1.59. The number of hydrogen-bond donors (Lipinski definition) is 0. The van der Waals surface area contributed by atoms with Gasteiger partial charge in [-0.2, -0.15) is 10.4 Å². The summed E-state index contributed by atoms with van der Waals surface area (Å²) < 4.78 is 1.86. The van der Waals surface area contributed by atoms with E-state index in [0.717, 1.165) is 23.4 Å². The van der Waals surface area contributed by atoms with Crippen LogP contribution in [0.4, 0.5) is 0 Å². The second kappa shape index (κ2) is 4.19. The maximum Gasteiger partial charge on any atom is 0.103 e. The number of aromatic nitrogens is 2. The van der Waals surface area contributed by atoms with Crippen molar-refractivity contribution in [3.63, 3.8) is 0 Å². The molecule has 0 saturated carbocycles. The minimum absolute atomic E-state index is 0.658. The maximum atomic E-state index is 8.98. The number of nitriles is 1. The molecule has 0 saturated heterocycles. The van der Waals surface area contributed by atoms with Crippen molar-refractivity contribution in [2.75, 3.05) is 0 Å². The van der Waals surface area contributed by atoms with Gasteiger partial charge in [-0.15, -0.1) is 0 Å². The first-order valence-corrected chi connectivity index (χ1v) is 5.31. The van der Waals surface area contributed by atoms with Crippen LogP contribution in [-0.4, -0.2) is 9.78 Å². The number of hydrogen-bond acceptors (Lipinski definition) is 2. The molecular formula is C13H13N3. The smallest absolute Gasteiger partial charge is 0.103 e. The predicted octanol–water partition coefficient (Wildman–Crippen LogP) is 2.61.